The highest BCUT2D eigenvalue weighted by Gasteiger charge is 2.25. The van der Waals surface area contributed by atoms with Gasteiger partial charge in [-0.2, -0.15) is 0 Å². The zero-order valence-electron chi connectivity index (χ0n) is 17.1. The molecule has 30 heavy (non-hydrogen) atoms. The van der Waals surface area contributed by atoms with Crippen LogP contribution in [0.1, 0.15) is 11.1 Å². The molecule has 0 atom stereocenters. The number of allylic oxidation sites excluding steroid dienone is 1. The van der Waals surface area contributed by atoms with Crippen molar-refractivity contribution in [2.45, 2.75) is 19.9 Å². The van der Waals surface area contributed by atoms with Crippen LogP contribution in [0.4, 0.5) is 5.82 Å². The average molecular weight is 403 g/mol. The topological polar surface area (TPSA) is 71.3 Å². The Hall–Kier alpha value is -3.48. The lowest BCUT2D eigenvalue weighted by Gasteiger charge is -2.35. The molecule has 2 aromatic heterocycles. The van der Waals surface area contributed by atoms with Crippen LogP contribution in [0.15, 0.2) is 60.0 Å². The molecule has 1 aliphatic rings. The van der Waals surface area contributed by atoms with Gasteiger partial charge in [-0.25, -0.2) is 9.97 Å². The van der Waals surface area contributed by atoms with Crippen LogP contribution in [0.25, 0.3) is 11.2 Å². The first-order chi connectivity index (χ1) is 14.6. The molecule has 0 spiro atoms. The number of fused-ring (bicyclic) bond motifs is 1. The molecule has 1 saturated heterocycles. The van der Waals surface area contributed by atoms with Crippen LogP contribution in [0.3, 0.4) is 0 Å². The number of aryl methyl sites for hydroxylation is 1. The van der Waals surface area contributed by atoms with Gasteiger partial charge in [-0.3, -0.25) is 14.2 Å². The maximum atomic E-state index is 13.1. The summed E-state index contributed by atoms with van der Waals surface area (Å²) in [5.41, 5.74) is 3.22. The Morgan fingerprint density at radius 1 is 1.17 bits per heavy atom. The van der Waals surface area contributed by atoms with Gasteiger partial charge >= 0.3 is 0 Å². The van der Waals surface area contributed by atoms with Crippen molar-refractivity contribution in [3.8, 4) is 0 Å². The summed E-state index contributed by atoms with van der Waals surface area (Å²) in [7, 11) is 0. The van der Waals surface area contributed by atoms with Gasteiger partial charge in [0.2, 0.25) is 5.91 Å². The summed E-state index contributed by atoms with van der Waals surface area (Å²) >= 11 is 0. The lowest BCUT2D eigenvalue weighted by atomic mass is 10.1. The molecular weight excluding hydrogens is 378 g/mol. The largest absolute Gasteiger partial charge is 0.348 e. The predicted molar refractivity (Wildman–Crippen MR) is 118 cm³/mol. The molecule has 0 radical (unpaired) electrons. The van der Waals surface area contributed by atoms with Gasteiger partial charge < -0.3 is 9.80 Å². The van der Waals surface area contributed by atoms with Crippen molar-refractivity contribution < 1.29 is 4.79 Å². The molecule has 0 aliphatic carbocycles. The fraction of sp³-hybridized carbons (Fsp3) is 0.304. The number of pyridine rings is 1. The van der Waals surface area contributed by atoms with E-state index in [2.05, 4.69) is 16.5 Å². The molecule has 3 aromatic rings. The number of hydrogen-bond acceptors (Lipinski definition) is 5. The number of amides is 1. The summed E-state index contributed by atoms with van der Waals surface area (Å²) < 4.78 is 1.60. The molecule has 3 heterocycles. The third kappa shape index (κ3) is 3.96. The fourth-order valence-electron chi connectivity index (χ4n) is 3.84. The average Bonchev–Trinajstić information content (AvgIpc) is 2.76. The number of nitrogens with zero attached hydrogens (tertiary/aromatic N) is 5. The first-order valence-electron chi connectivity index (χ1n) is 10.1. The van der Waals surface area contributed by atoms with Crippen molar-refractivity contribution in [2.75, 3.05) is 31.1 Å². The van der Waals surface area contributed by atoms with Gasteiger partial charge in [0.1, 0.15) is 5.52 Å². The minimum absolute atomic E-state index is 0.111. The SMILES string of the molecule is C=CCn1c(=O)c(N2CCN(C(=O)Cc3cccc(C)c3)CC2)nc2cccnc21. The van der Waals surface area contributed by atoms with Crippen molar-refractivity contribution in [1.82, 2.24) is 19.4 Å². The number of aromatic nitrogens is 3. The number of carbonyl (C=O) groups excluding carboxylic acids is 1. The number of anilines is 1. The highest BCUT2D eigenvalue weighted by molar-refractivity contribution is 5.79. The molecule has 154 valence electrons. The fourth-order valence-corrected chi connectivity index (χ4v) is 3.84. The molecule has 1 fully saturated rings. The molecular formula is C23H25N5O2. The van der Waals surface area contributed by atoms with E-state index in [1.807, 2.05) is 53.1 Å². The molecule has 1 amide bonds. The smallest absolute Gasteiger partial charge is 0.295 e. The summed E-state index contributed by atoms with van der Waals surface area (Å²) in [5.74, 6) is 0.517. The summed E-state index contributed by atoms with van der Waals surface area (Å²) in [6, 6.07) is 11.7. The summed E-state index contributed by atoms with van der Waals surface area (Å²) in [4.78, 5) is 38.5. The van der Waals surface area contributed by atoms with Crippen molar-refractivity contribution in [1.29, 1.82) is 0 Å². The standard InChI is InChI=1S/C23H25N5O2/c1-3-10-28-21-19(8-5-9-24-21)25-22(23(28)30)27-13-11-26(12-14-27)20(29)16-18-7-4-6-17(2)15-18/h3-9,15H,1,10-14,16H2,2H3. The number of piperazine rings is 1. The van der Waals surface area contributed by atoms with E-state index < -0.39 is 0 Å². The quantitative estimate of drug-likeness (QED) is 0.611. The van der Waals surface area contributed by atoms with Crippen LogP contribution in [0.5, 0.6) is 0 Å². The zero-order valence-corrected chi connectivity index (χ0v) is 17.1. The maximum Gasteiger partial charge on any atom is 0.295 e. The van der Waals surface area contributed by atoms with Crippen molar-refractivity contribution in [3.63, 3.8) is 0 Å². The van der Waals surface area contributed by atoms with E-state index in [9.17, 15) is 9.59 Å². The highest BCUT2D eigenvalue weighted by atomic mass is 16.2. The van der Waals surface area contributed by atoms with E-state index in [-0.39, 0.29) is 11.5 Å². The second-order valence-electron chi connectivity index (χ2n) is 7.52. The Kier molecular flexibility index (Phi) is 5.61. The lowest BCUT2D eigenvalue weighted by Crippen LogP contribution is -2.51. The van der Waals surface area contributed by atoms with Gasteiger partial charge in [0.25, 0.3) is 5.56 Å². The maximum absolute atomic E-state index is 13.1. The minimum Gasteiger partial charge on any atom is -0.348 e. The second kappa shape index (κ2) is 8.49. The Morgan fingerprint density at radius 3 is 2.70 bits per heavy atom. The molecule has 1 aromatic carbocycles. The van der Waals surface area contributed by atoms with Gasteiger partial charge in [0.15, 0.2) is 11.5 Å². The Morgan fingerprint density at radius 2 is 1.97 bits per heavy atom. The predicted octanol–water partition coefficient (Wildman–Crippen LogP) is 2.18. The van der Waals surface area contributed by atoms with Crippen molar-refractivity contribution >= 4 is 22.9 Å². The van der Waals surface area contributed by atoms with Crippen LogP contribution in [0, 0.1) is 6.92 Å². The number of benzene rings is 1. The van der Waals surface area contributed by atoms with Crippen molar-refractivity contribution in [3.05, 3.63) is 76.7 Å². The third-order valence-corrected chi connectivity index (χ3v) is 5.37. The van der Waals surface area contributed by atoms with E-state index in [0.717, 1.165) is 11.1 Å². The highest BCUT2D eigenvalue weighted by Crippen LogP contribution is 2.15. The summed E-state index contributed by atoms with van der Waals surface area (Å²) in [6.45, 7) is 8.42. The molecule has 7 heteroatoms. The number of hydrogen-bond donors (Lipinski definition) is 0. The van der Waals surface area contributed by atoms with E-state index in [0.29, 0.717) is 56.1 Å². The number of rotatable bonds is 5. The van der Waals surface area contributed by atoms with Gasteiger partial charge in [-0.05, 0) is 24.6 Å². The Balaban J connectivity index is 1.51. The number of carbonyl (C=O) groups is 1. The molecule has 0 unspecified atom stereocenters. The van der Waals surface area contributed by atoms with Gasteiger partial charge in [0.05, 0.1) is 6.42 Å². The lowest BCUT2D eigenvalue weighted by molar-refractivity contribution is -0.130. The van der Waals surface area contributed by atoms with Crippen LogP contribution in [0.2, 0.25) is 0 Å². The Bertz CT molecular complexity index is 1150. The van der Waals surface area contributed by atoms with Crippen LogP contribution in [-0.2, 0) is 17.8 Å². The van der Waals surface area contributed by atoms with E-state index in [1.54, 1.807) is 16.8 Å². The Labute approximate surface area is 175 Å². The monoisotopic (exact) mass is 403 g/mol. The van der Waals surface area contributed by atoms with Gasteiger partial charge in [-0.1, -0.05) is 35.9 Å². The summed E-state index contributed by atoms with van der Waals surface area (Å²) in [6.07, 6.45) is 3.73. The third-order valence-electron chi connectivity index (χ3n) is 5.37. The molecule has 7 nitrogen and oxygen atoms in total. The van der Waals surface area contributed by atoms with Crippen molar-refractivity contribution in [2.24, 2.45) is 0 Å². The zero-order chi connectivity index (χ0) is 21.1. The van der Waals surface area contributed by atoms with Gasteiger partial charge in [-0.15, -0.1) is 6.58 Å². The molecule has 0 bridgehead atoms. The molecule has 0 saturated carbocycles. The van der Waals surface area contributed by atoms with Gasteiger partial charge in [0, 0.05) is 38.9 Å². The molecule has 4 rings (SSSR count). The second-order valence-corrected chi connectivity index (χ2v) is 7.52. The van der Waals surface area contributed by atoms with E-state index in [4.69, 9.17) is 0 Å². The summed E-state index contributed by atoms with van der Waals surface area (Å²) in [5, 5.41) is 0. The van der Waals surface area contributed by atoms with Crippen LogP contribution < -0.4 is 10.5 Å². The minimum atomic E-state index is -0.180. The molecule has 0 N–H and O–H groups in total. The van der Waals surface area contributed by atoms with E-state index >= 15 is 0 Å². The first-order valence-corrected chi connectivity index (χ1v) is 10.1. The normalized spacial score (nSPS) is 14.2. The first kappa shape index (κ1) is 19.8. The van der Waals surface area contributed by atoms with E-state index in [1.165, 1.54) is 0 Å². The van der Waals surface area contributed by atoms with Crippen LogP contribution >= 0.6 is 0 Å². The van der Waals surface area contributed by atoms with Crippen LogP contribution in [-0.4, -0.2) is 51.5 Å². The molecule has 1 aliphatic heterocycles.